The molecule has 0 fully saturated rings. The fraction of sp³-hybridized carbons (Fsp3) is 1.00. The first kappa shape index (κ1) is 12.6. The van der Waals surface area contributed by atoms with Gasteiger partial charge in [-0.25, -0.2) is 0 Å². The molecule has 1 nitrogen and oxygen atoms in total. The van der Waals surface area contributed by atoms with Gasteiger partial charge in [0.15, 0.2) is 0 Å². The highest BCUT2D eigenvalue weighted by molar-refractivity contribution is 4.22. The van der Waals surface area contributed by atoms with E-state index >= 15 is 0 Å². The first-order chi connectivity index (χ1) is 4.81. The summed E-state index contributed by atoms with van der Waals surface area (Å²) in [5.41, 5.74) is 0. The summed E-state index contributed by atoms with van der Waals surface area (Å²) in [6.07, 6.45) is 2.62. The third-order valence-corrected chi connectivity index (χ3v) is 1.35. The van der Waals surface area contributed by atoms with E-state index < -0.39 is 0 Å². The Bertz CT molecular complexity index is 38.0. The highest BCUT2D eigenvalue weighted by Crippen LogP contribution is 1.65. The van der Waals surface area contributed by atoms with Gasteiger partial charge in [0, 0.05) is 0 Å². The van der Waals surface area contributed by atoms with Crippen molar-refractivity contribution in [3.05, 3.63) is 0 Å². The van der Waals surface area contributed by atoms with Gasteiger partial charge in [-0.3, -0.25) is 0 Å². The molecule has 0 spiro atoms. The second-order valence-corrected chi connectivity index (χ2v) is 2.46. The van der Waals surface area contributed by atoms with Gasteiger partial charge in [-0.15, -0.1) is 0 Å². The Kier molecular flexibility index (Phi) is 14.8. The monoisotopic (exact) mass is 146 g/mol. The van der Waals surface area contributed by atoms with E-state index in [1.54, 1.807) is 4.90 Å². The molecule has 0 rings (SSSR count). The molecule has 0 aliphatic carbocycles. The average molecular weight is 146 g/mol. The van der Waals surface area contributed by atoms with E-state index in [0.29, 0.717) is 0 Å². The SMILES string of the molecule is CC.CCC[NH+](C)CCC. The first-order valence-corrected chi connectivity index (χ1v) is 4.62. The number of rotatable bonds is 4. The molecule has 0 heterocycles. The Morgan fingerprint density at radius 2 is 1.20 bits per heavy atom. The quantitative estimate of drug-likeness (QED) is 0.610. The van der Waals surface area contributed by atoms with E-state index in [1.807, 2.05) is 13.8 Å². The topological polar surface area (TPSA) is 4.44 Å². The molecule has 0 saturated carbocycles. The zero-order valence-electron chi connectivity index (χ0n) is 8.33. The molecule has 0 bridgehead atoms. The summed E-state index contributed by atoms with van der Waals surface area (Å²) in [6.45, 7) is 11.1. The van der Waals surface area contributed by atoms with Crippen LogP contribution in [0.3, 0.4) is 0 Å². The molecule has 0 saturated heterocycles. The normalized spacial score (nSPS) is 9.00. The smallest absolute Gasteiger partial charge is 0.0766 e. The summed E-state index contributed by atoms with van der Waals surface area (Å²) >= 11 is 0. The first-order valence-electron chi connectivity index (χ1n) is 4.62. The van der Waals surface area contributed by atoms with Crippen molar-refractivity contribution in [3.63, 3.8) is 0 Å². The fourth-order valence-electron chi connectivity index (χ4n) is 0.979. The molecule has 0 unspecified atom stereocenters. The van der Waals surface area contributed by atoms with Crippen molar-refractivity contribution in [2.75, 3.05) is 20.1 Å². The number of hydrogen-bond donors (Lipinski definition) is 1. The minimum atomic E-state index is 1.31. The largest absolute Gasteiger partial charge is 0.337 e. The molecule has 0 amide bonds. The van der Waals surface area contributed by atoms with Crippen molar-refractivity contribution in [2.24, 2.45) is 0 Å². The van der Waals surface area contributed by atoms with Crippen LogP contribution >= 0.6 is 0 Å². The van der Waals surface area contributed by atoms with Crippen molar-refractivity contribution >= 4 is 0 Å². The number of quaternary nitrogens is 1. The minimum absolute atomic E-state index is 1.31. The average Bonchev–Trinajstić information content (AvgIpc) is 1.93. The van der Waals surface area contributed by atoms with Crippen LogP contribution in [0.25, 0.3) is 0 Å². The Morgan fingerprint density at radius 1 is 0.900 bits per heavy atom. The lowest BCUT2D eigenvalue weighted by molar-refractivity contribution is -0.879. The van der Waals surface area contributed by atoms with Crippen molar-refractivity contribution in [1.82, 2.24) is 0 Å². The van der Waals surface area contributed by atoms with Gasteiger partial charge >= 0.3 is 0 Å². The van der Waals surface area contributed by atoms with Gasteiger partial charge < -0.3 is 4.90 Å². The lowest BCUT2D eigenvalue weighted by atomic mass is 10.4. The van der Waals surface area contributed by atoms with E-state index in [1.165, 1.54) is 25.9 Å². The minimum Gasteiger partial charge on any atom is -0.337 e. The van der Waals surface area contributed by atoms with Crippen molar-refractivity contribution < 1.29 is 4.90 Å². The maximum absolute atomic E-state index is 2.26. The molecule has 10 heavy (non-hydrogen) atoms. The highest BCUT2D eigenvalue weighted by Gasteiger charge is 1.93. The summed E-state index contributed by atoms with van der Waals surface area (Å²) in [7, 11) is 2.26. The third-order valence-electron chi connectivity index (χ3n) is 1.35. The Balaban J connectivity index is 0. The lowest BCUT2D eigenvalue weighted by Crippen LogP contribution is -3.08. The molecule has 0 aromatic rings. The summed E-state index contributed by atoms with van der Waals surface area (Å²) < 4.78 is 0. The molecule has 0 aromatic heterocycles. The Hall–Kier alpha value is -0.0400. The van der Waals surface area contributed by atoms with Crippen LogP contribution < -0.4 is 4.90 Å². The summed E-state index contributed by atoms with van der Waals surface area (Å²) in [4.78, 5) is 1.66. The molecule has 0 atom stereocenters. The summed E-state index contributed by atoms with van der Waals surface area (Å²) in [5.74, 6) is 0. The van der Waals surface area contributed by atoms with E-state index in [-0.39, 0.29) is 0 Å². The van der Waals surface area contributed by atoms with Gasteiger partial charge in [-0.05, 0) is 12.8 Å². The molecule has 1 N–H and O–H groups in total. The van der Waals surface area contributed by atoms with E-state index in [0.717, 1.165) is 0 Å². The molecule has 0 aliphatic heterocycles. The highest BCUT2D eigenvalue weighted by atomic mass is 15.1. The summed E-state index contributed by atoms with van der Waals surface area (Å²) in [5, 5.41) is 0. The Morgan fingerprint density at radius 3 is 1.40 bits per heavy atom. The van der Waals surface area contributed by atoms with E-state index in [9.17, 15) is 0 Å². The molecule has 0 aromatic carbocycles. The Labute approximate surface area is 66.4 Å². The standard InChI is InChI=1S/C7H17N.C2H6/c1-4-6-8(3)7-5-2;1-2/h4-7H2,1-3H3;1-2H3/p+1. The zero-order chi connectivity index (χ0) is 8.41. The van der Waals surface area contributed by atoms with Crippen LogP contribution in [0.15, 0.2) is 0 Å². The predicted molar refractivity (Wildman–Crippen MR) is 48.6 cm³/mol. The zero-order valence-corrected chi connectivity index (χ0v) is 8.33. The molecule has 0 radical (unpaired) electrons. The van der Waals surface area contributed by atoms with Gasteiger partial charge in [-0.1, -0.05) is 27.7 Å². The number of nitrogens with one attached hydrogen (secondary N) is 1. The van der Waals surface area contributed by atoms with Crippen molar-refractivity contribution in [3.8, 4) is 0 Å². The van der Waals surface area contributed by atoms with E-state index in [4.69, 9.17) is 0 Å². The predicted octanol–water partition coefficient (Wildman–Crippen LogP) is 1.35. The maximum atomic E-state index is 2.26. The van der Waals surface area contributed by atoms with Crippen molar-refractivity contribution in [1.29, 1.82) is 0 Å². The van der Waals surface area contributed by atoms with Crippen molar-refractivity contribution in [2.45, 2.75) is 40.5 Å². The van der Waals surface area contributed by atoms with Gasteiger partial charge in [-0.2, -0.15) is 0 Å². The molecule has 1 heteroatoms. The molecule has 64 valence electrons. The van der Waals surface area contributed by atoms with Crippen LogP contribution in [0.4, 0.5) is 0 Å². The molecular formula is C9H24N+. The fourth-order valence-corrected chi connectivity index (χ4v) is 0.979. The van der Waals surface area contributed by atoms with E-state index in [2.05, 4.69) is 20.9 Å². The van der Waals surface area contributed by atoms with Crippen LogP contribution in [0.5, 0.6) is 0 Å². The van der Waals surface area contributed by atoms with Gasteiger partial charge in [0.2, 0.25) is 0 Å². The third kappa shape index (κ3) is 10.9. The molecular weight excluding hydrogens is 122 g/mol. The van der Waals surface area contributed by atoms with Gasteiger partial charge in [0.1, 0.15) is 0 Å². The molecule has 0 aliphatic rings. The van der Waals surface area contributed by atoms with Crippen LogP contribution in [0.1, 0.15) is 40.5 Å². The lowest BCUT2D eigenvalue weighted by Gasteiger charge is -2.09. The maximum Gasteiger partial charge on any atom is 0.0766 e. The van der Waals surface area contributed by atoms with Crippen LogP contribution in [0, 0.1) is 0 Å². The van der Waals surface area contributed by atoms with Crippen LogP contribution in [-0.2, 0) is 0 Å². The number of hydrogen-bond acceptors (Lipinski definition) is 0. The van der Waals surface area contributed by atoms with Crippen LogP contribution in [-0.4, -0.2) is 20.1 Å². The van der Waals surface area contributed by atoms with Gasteiger partial charge in [0.05, 0.1) is 20.1 Å². The van der Waals surface area contributed by atoms with Crippen LogP contribution in [0.2, 0.25) is 0 Å². The summed E-state index contributed by atoms with van der Waals surface area (Å²) in [6, 6.07) is 0. The van der Waals surface area contributed by atoms with Gasteiger partial charge in [0.25, 0.3) is 0 Å². The second-order valence-electron chi connectivity index (χ2n) is 2.46. The second kappa shape index (κ2) is 11.7.